The van der Waals surface area contributed by atoms with Gasteiger partial charge in [0.05, 0.1) is 23.6 Å². The van der Waals surface area contributed by atoms with E-state index in [9.17, 15) is 0 Å². The van der Waals surface area contributed by atoms with Crippen molar-refractivity contribution in [2.45, 2.75) is 38.6 Å². The van der Waals surface area contributed by atoms with E-state index < -0.39 is 0 Å². The van der Waals surface area contributed by atoms with Crippen molar-refractivity contribution in [2.75, 3.05) is 6.54 Å². The predicted octanol–water partition coefficient (Wildman–Crippen LogP) is 3.11. The van der Waals surface area contributed by atoms with Gasteiger partial charge in [-0.1, -0.05) is 43.2 Å². The van der Waals surface area contributed by atoms with Gasteiger partial charge in [0, 0.05) is 0 Å². The fraction of sp³-hybridized carbons (Fsp3) is 0.500. The molecule has 0 amide bonds. The zero-order chi connectivity index (χ0) is 13.8. The molecule has 20 heavy (non-hydrogen) atoms. The number of benzene rings is 1. The summed E-state index contributed by atoms with van der Waals surface area (Å²) >= 11 is 0. The van der Waals surface area contributed by atoms with Crippen LogP contribution in [-0.2, 0) is 0 Å². The van der Waals surface area contributed by atoms with Crippen molar-refractivity contribution in [3.05, 3.63) is 42.2 Å². The molecule has 0 radical (unpaired) electrons. The topological polar surface area (TPSA) is 42.7 Å². The van der Waals surface area contributed by atoms with Gasteiger partial charge < -0.3 is 5.32 Å². The molecule has 1 aromatic heterocycles. The van der Waals surface area contributed by atoms with Gasteiger partial charge in [-0.15, -0.1) is 5.10 Å². The monoisotopic (exact) mass is 270 g/mol. The number of rotatable bonds is 7. The summed E-state index contributed by atoms with van der Waals surface area (Å²) in [6.07, 6.45) is 6.99. The first kappa shape index (κ1) is 13.3. The molecule has 2 aromatic rings. The average Bonchev–Trinajstić information content (AvgIpc) is 3.18. The third-order valence-corrected chi connectivity index (χ3v) is 3.84. The summed E-state index contributed by atoms with van der Waals surface area (Å²) < 4.78 is 1.97. The number of nitrogens with one attached hydrogen (secondary N) is 1. The van der Waals surface area contributed by atoms with E-state index >= 15 is 0 Å². The maximum Gasteiger partial charge on any atom is 0.0815 e. The zero-order valence-corrected chi connectivity index (χ0v) is 12.0. The van der Waals surface area contributed by atoms with Gasteiger partial charge in [0.2, 0.25) is 0 Å². The molecule has 1 N–H and O–H groups in total. The highest BCUT2D eigenvalue weighted by molar-refractivity contribution is 5.32. The largest absolute Gasteiger partial charge is 0.309 e. The standard InChI is InChI=1S/C16H22N4/c1-2-10-17-15(11-13-8-9-13)16-12-18-19-20(16)14-6-4-3-5-7-14/h3-7,12-13,15,17H,2,8-11H2,1H3. The van der Waals surface area contributed by atoms with Crippen molar-refractivity contribution in [1.82, 2.24) is 20.3 Å². The van der Waals surface area contributed by atoms with E-state index in [4.69, 9.17) is 0 Å². The van der Waals surface area contributed by atoms with Crippen molar-refractivity contribution in [3.8, 4) is 5.69 Å². The summed E-state index contributed by atoms with van der Waals surface area (Å²) in [5, 5.41) is 12.1. The van der Waals surface area contributed by atoms with Gasteiger partial charge in [-0.05, 0) is 37.4 Å². The van der Waals surface area contributed by atoms with E-state index in [0.29, 0.717) is 6.04 Å². The van der Waals surface area contributed by atoms with Crippen molar-refractivity contribution in [2.24, 2.45) is 5.92 Å². The smallest absolute Gasteiger partial charge is 0.0815 e. The molecule has 106 valence electrons. The number of aromatic nitrogens is 3. The maximum absolute atomic E-state index is 4.27. The predicted molar refractivity (Wildman–Crippen MR) is 79.7 cm³/mol. The van der Waals surface area contributed by atoms with Crippen LogP contribution < -0.4 is 5.32 Å². The summed E-state index contributed by atoms with van der Waals surface area (Å²) in [7, 11) is 0. The van der Waals surface area contributed by atoms with Crippen molar-refractivity contribution in [3.63, 3.8) is 0 Å². The molecule has 1 unspecified atom stereocenters. The molecule has 0 bridgehead atoms. The molecule has 1 atom stereocenters. The van der Waals surface area contributed by atoms with Crippen LogP contribution in [0.15, 0.2) is 36.5 Å². The molecule has 0 saturated heterocycles. The quantitative estimate of drug-likeness (QED) is 0.840. The van der Waals surface area contributed by atoms with Crippen LogP contribution in [0.25, 0.3) is 5.69 Å². The van der Waals surface area contributed by atoms with Gasteiger partial charge in [-0.3, -0.25) is 0 Å². The molecular formula is C16H22N4. The van der Waals surface area contributed by atoms with Gasteiger partial charge in [0.15, 0.2) is 0 Å². The van der Waals surface area contributed by atoms with Gasteiger partial charge in [-0.2, -0.15) is 0 Å². The lowest BCUT2D eigenvalue weighted by Gasteiger charge is -2.19. The fourth-order valence-electron chi connectivity index (χ4n) is 2.56. The van der Waals surface area contributed by atoms with Gasteiger partial charge in [0.25, 0.3) is 0 Å². The molecule has 0 spiro atoms. The molecule has 4 heteroatoms. The highest BCUT2D eigenvalue weighted by Gasteiger charge is 2.28. The summed E-state index contributed by atoms with van der Waals surface area (Å²) in [6.45, 7) is 3.24. The Balaban J connectivity index is 1.84. The highest BCUT2D eigenvalue weighted by Crippen LogP contribution is 2.37. The summed E-state index contributed by atoms with van der Waals surface area (Å²) in [5.74, 6) is 0.878. The van der Waals surface area contributed by atoms with E-state index in [1.165, 1.54) is 25.0 Å². The Morgan fingerprint density at radius 1 is 1.30 bits per heavy atom. The molecule has 3 rings (SSSR count). The van der Waals surface area contributed by atoms with Crippen LogP contribution in [0.3, 0.4) is 0 Å². The van der Waals surface area contributed by atoms with E-state index in [2.05, 4.69) is 34.7 Å². The minimum absolute atomic E-state index is 0.359. The number of para-hydroxylation sites is 1. The third-order valence-electron chi connectivity index (χ3n) is 3.84. The van der Waals surface area contributed by atoms with Gasteiger partial charge in [0.1, 0.15) is 0 Å². The second-order valence-electron chi connectivity index (χ2n) is 5.59. The Hall–Kier alpha value is -1.68. The lowest BCUT2D eigenvalue weighted by molar-refractivity contribution is 0.455. The van der Waals surface area contributed by atoms with Crippen LogP contribution in [0.2, 0.25) is 0 Å². The van der Waals surface area contributed by atoms with Crippen LogP contribution in [0, 0.1) is 5.92 Å². The fourth-order valence-corrected chi connectivity index (χ4v) is 2.56. The average molecular weight is 270 g/mol. The van der Waals surface area contributed by atoms with Crippen LogP contribution >= 0.6 is 0 Å². The van der Waals surface area contributed by atoms with Crippen LogP contribution in [0.1, 0.15) is 44.3 Å². The van der Waals surface area contributed by atoms with E-state index in [-0.39, 0.29) is 0 Å². The lowest BCUT2D eigenvalue weighted by Crippen LogP contribution is -2.25. The number of hydrogen-bond donors (Lipinski definition) is 1. The van der Waals surface area contributed by atoms with Crippen LogP contribution in [-0.4, -0.2) is 21.5 Å². The SMILES string of the molecule is CCCNC(CC1CC1)c1cnnn1-c1ccccc1. The second-order valence-corrected chi connectivity index (χ2v) is 5.59. The van der Waals surface area contributed by atoms with E-state index in [0.717, 1.165) is 24.6 Å². The molecule has 0 aliphatic heterocycles. The third kappa shape index (κ3) is 3.07. The molecule has 1 saturated carbocycles. The normalized spacial score (nSPS) is 16.2. The molecule has 1 aromatic carbocycles. The first-order valence-electron chi connectivity index (χ1n) is 7.58. The zero-order valence-electron chi connectivity index (χ0n) is 12.0. The maximum atomic E-state index is 4.27. The first-order chi connectivity index (χ1) is 9.88. The molecule has 1 aliphatic carbocycles. The van der Waals surface area contributed by atoms with Gasteiger partial charge in [-0.25, -0.2) is 4.68 Å². The molecular weight excluding hydrogens is 248 g/mol. The Kier molecular flexibility index (Phi) is 4.11. The Labute approximate surface area is 120 Å². The second kappa shape index (κ2) is 6.18. The molecule has 1 aliphatic rings. The Morgan fingerprint density at radius 2 is 2.10 bits per heavy atom. The summed E-state index contributed by atoms with van der Waals surface area (Å²) in [4.78, 5) is 0. The summed E-state index contributed by atoms with van der Waals surface area (Å²) in [5.41, 5.74) is 2.26. The van der Waals surface area contributed by atoms with Crippen LogP contribution in [0.4, 0.5) is 0 Å². The number of hydrogen-bond acceptors (Lipinski definition) is 3. The molecule has 4 nitrogen and oxygen atoms in total. The Morgan fingerprint density at radius 3 is 2.80 bits per heavy atom. The lowest BCUT2D eigenvalue weighted by atomic mass is 10.1. The van der Waals surface area contributed by atoms with E-state index in [1.54, 1.807) is 0 Å². The van der Waals surface area contributed by atoms with Gasteiger partial charge >= 0.3 is 0 Å². The Bertz CT molecular complexity index is 530. The molecule has 1 heterocycles. The van der Waals surface area contributed by atoms with Crippen molar-refractivity contribution >= 4 is 0 Å². The highest BCUT2D eigenvalue weighted by atomic mass is 15.4. The van der Waals surface area contributed by atoms with Crippen LogP contribution in [0.5, 0.6) is 0 Å². The van der Waals surface area contributed by atoms with Crippen molar-refractivity contribution in [1.29, 1.82) is 0 Å². The minimum atomic E-state index is 0.359. The first-order valence-corrected chi connectivity index (χ1v) is 7.58. The molecule has 1 fully saturated rings. The van der Waals surface area contributed by atoms with Crippen molar-refractivity contribution < 1.29 is 0 Å². The summed E-state index contributed by atoms with van der Waals surface area (Å²) in [6, 6.07) is 10.6. The minimum Gasteiger partial charge on any atom is -0.309 e. The number of nitrogens with zero attached hydrogens (tertiary/aromatic N) is 3. The van der Waals surface area contributed by atoms with E-state index in [1.807, 2.05) is 29.1 Å².